The molecule has 0 amide bonds. The van der Waals surface area contributed by atoms with Gasteiger partial charge in [0.05, 0.1) is 26.1 Å². The maximum atomic E-state index is 12.7. The number of aromatic nitrogens is 2. The molecular formula is C21H26N3O2S+. The molecule has 2 unspecified atom stereocenters. The van der Waals surface area contributed by atoms with Crippen LogP contribution in [-0.4, -0.2) is 40.0 Å². The van der Waals surface area contributed by atoms with Gasteiger partial charge in [-0.1, -0.05) is 39.0 Å². The number of likely N-dealkylation sites (N-methyl/N-ethyl adjacent to an activating group) is 1. The predicted octanol–water partition coefficient (Wildman–Crippen LogP) is 4.28. The monoisotopic (exact) mass is 384 g/mol. The third-order valence-corrected chi connectivity index (χ3v) is 6.74. The minimum atomic E-state index is -0.381. The van der Waals surface area contributed by atoms with E-state index in [1.807, 2.05) is 18.3 Å². The highest BCUT2D eigenvalue weighted by Gasteiger charge is 2.65. The molecule has 27 heavy (non-hydrogen) atoms. The Labute approximate surface area is 164 Å². The standard InChI is InChI=1S/C21H26N3O2S/c1-14-9-7-11-21-12-8-10-15(18(25)26-6)24(21,5)19-22-13-16(23(19)17(14)21)27-20(2,3)4/h7-10,12-13H,11H2,1-6H3/q+1. The van der Waals surface area contributed by atoms with Crippen molar-refractivity contribution in [3.05, 3.63) is 47.8 Å². The second kappa shape index (κ2) is 5.72. The summed E-state index contributed by atoms with van der Waals surface area (Å²) in [5.74, 6) is 0.551. The van der Waals surface area contributed by atoms with E-state index in [2.05, 4.69) is 57.5 Å². The number of methoxy groups -OCH3 is 1. The lowest BCUT2D eigenvalue weighted by atomic mass is 9.80. The minimum Gasteiger partial charge on any atom is -0.462 e. The Morgan fingerprint density at radius 2 is 2.15 bits per heavy atom. The molecule has 142 valence electrons. The van der Waals surface area contributed by atoms with Gasteiger partial charge in [-0.3, -0.25) is 0 Å². The fourth-order valence-corrected chi connectivity index (χ4v) is 5.53. The van der Waals surface area contributed by atoms with Crippen LogP contribution in [0.5, 0.6) is 0 Å². The van der Waals surface area contributed by atoms with Crippen LogP contribution in [0.4, 0.5) is 5.95 Å². The molecule has 0 N–H and O–H groups in total. The third-order valence-electron chi connectivity index (χ3n) is 5.63. The van der Waals surface area contributed by atoms with Crippen molar-refractivity contribution in [1.82, 2.24) is 14.0 Å². The molecule has 2 atom stereocenters. The van der Waals surface area contributed by atoms with Gasteiger partial charge in [0.1, 0.15) is 5.03 Å². The number of thioether (sulfide) groups is 1. The van der Waals surface area contributed by atoms with Gasteiger partial charge in [-0.25, -0.2) is 13.8 Å². The molecule has 0 fully saturated rings. The molecule has 0 saturated carbocycles. The second-order valence-corrected chi connectivity index (χ2v) is 10.3. The van der Waals surface area contributed by atoms with Crippen LogP contribution in [0, 0.1) is 0 Å². The summed E-state index contributed by atoms with van der Waals surface area (Å²) in [7, 11) is 3.52. The van der Waals surface area contributed by atoms with Gasteiger partial charge in [0.25, 0.3) is 0 Å². The van der Waals surface area contributed by atoms with Crippen LogP contribution in [-0.2, 0) is 9.53 Å². The average molecular weight is 385 g/mol. The highest BCUT2D eigenvalue weighted by molar-refractivity contribution is 8.00. The number of allylic oxidation sites excluding steroid dienone is 4. The van der Waals surface area contributed by atoms with Crippen LogP contribution in [0.3, 0.4) is 0 Å². The number of nitrogens with zero attached hydrogens (tertiary/aromatic N) is 3. The highest BCUT2D eigenvalue weighted by Crippen LogP contribution is 2.57. The van der Waals surface area contributed by atoms with Gasteiger partial charge in [0, 0.05) is 17.2 Å². The van der Waals surface area contributed by atoms with Gasteiger partial charge in [0.15, 0.2) is 5.54 Å². The Morgan fingerprint density at radius 3 is 2.81 bits per heavy atom. The molecule has 6 heteroatoms. The zero-order valence-corrected chi connectivity index (χ0v) is 17.6. The smallest absolute Gasteiger partial charge is 0.393 e. The van der Waals surface area contributed by atoms with Crippen LogP contribution in [0.2, 0.25) is 0 Å². The van der Waals surface area contributed by atoms with Gasteiger partial charge in [-0.15, -0.1) is 11.8 Å². The third kappa shape index (κ3) is 2.29. The number of hydrogen-bond donors (Lipinski definition) is 0. The first-order chi connectivity index (χ1) is 12.7. The Hall–Kier alpha value is -2.05. The lowest BCUT2D eigenvalue weighted by Gasteiger charge is -2.44. The number of ether oxygens (including phenoxy) is 1. The summed E-state index contributed by atoms with van der Waals surface area (Å²) < 4.78 is 7.76. The Balaban J connectivity index is 2.03. The van der Waals surface area contributed by atoms with E-state index in [9.17, 15) is 4.79 Å². The van der Waals surface area contributed by atoms with E-state index in [0.29, 0.717) is 10.2 Å². The van der Waals surface area contributed by atoms with Gasteiger partial charge in [0.2, 0.25) is 5.70 Å². The molecular weight excluding hydrogens is 358 g/mol. The minimum absolute atomic E-state index is 0.0570. The maximum absolute atomic E-state index is 12.7. The Morgan fingerprint density at radius 1 is 1.41 bits per heavy atom. The van der Waals surface area contributed by atoms with Crippen molar-refractivity contribution in [1.29, 1.82) is 0 Å². The molecule has 1 aliphatic carbocycles. The molecule has 1 aromatic rings. The molecule has 3 heterocycles. The number of carbonyl (C=O) groups is 1. The molecule has 0 bridgehead atoms. The molecule has 2 aliphatic heterocycles. The molecule has 5 nitrogen and oxygen atoms in total. The number of imidazole rings is 1. The number of fused-ring (bicyclic) bond motifs is 3. The molecule has 3 aliphatic rings. The number of esters is 1. The molecule has 1 aromatic heterocycles. The van der Waals surface area contributed by atoms with Crippen molar-refractivity contribution >= 4 is 29.4 Å². The van der Waals surface area contributed by atoms with Gasteiger partial charge in [-0.05, 0) is 18.6 Å². The number of rotatable bonds is 2. The SMILES string of the molecule is COC(=O)C1=CC=CC23CC=CC(C)=C2n2c(SC(C)(C)C)cnc2[N+]13C. The van der Waals surface area contributed by atoms with Gasteiger partial charge >= 0.3 is 11.9 Å². The van der Waals surface area contributed by atoms with E-state index in [0.717, 1.165) is 17.4 Å². The normalized spacial score (nSPS) is 28.6. The van der Waals surface area contributed by atoms with Crippen molar-refractivity contribution in [3.63, 3.8) is 0 Å². The van der Waals surface area contributed by atoms with Crippen LogP contribution >= 0.6 is 11.8 Å². The van der Waals surface area contributed by atoms with Crippen LogP contribution in [0.1, 0.15) is 34.1 Å². The van der Waals surface area contributed by atoms with Crippen LogP contribution in [0.15, 0.2) is 52.9 Å². The molecule has 0 radical (unpaired) electrons. The summed E-state index contributed by atoms with van der Waals surface area (Å²) in [5, 5.41) is 1.10. The van der Waals surface area contributed by atoms with Crippen molar-refractivity contribution in [3.8, 4) is 0 Å². The topological polar surface area (TPSA) is 44.1 Å². The Bertz CT molecular complexity index is 961. The first-order valence-corrected chi connectivity index (χ1v) is 9.98. The summed E-state index contributed by atoms with van der Waals surface area (Å²) in [4.78, 5) is 17.5. The number of hydrogen-bond acceptors (Lipinski definition) is 4. The fourth-order valence-electron chi connectivity index (χ4n) is 4.53. The van der Waals surface area contributed by atoms with Crippen molar-refractivity contribution in [2.75, 3.05) is 14.2 Å². The predicted molar refractivity (Wildman–Crippen MR) is 110 cm³/mol. The second-order valence-electron chi connectivity index (χ2n) is 8.42. The number of quaternary nitrogens is 1. The lowest BCUT2D eigenvalue weighted by molar-refractivity contribution is -0.138. The van der Waals surface area contributed by atoms with Crippen molar-refractivity contribution in [2.45, 2.75) is 49.4 Å². The Kier molecular flexibility index (Phi) is 3.88. The van der Waals surface area contributed by atoms with E-state index in [1.165, 1.54) is 18.4 Å². The molecule has 0 saturated heterocycles. The zero-order valence-electron chi connectivity index (χ0n) is 16.7. The van der Waals surface area contributed by atoms with Crippen LogP contribution < -0.4 is 4.48 Å². The number of carbonyl (C=O) groups excluding carboxylic acids is 1. The zero-order chi connectivity index (χ0) is 19.6. The van der Waals surface area contributed by atoms with E-state index >= 15 is 0 Å². The van der Waals surface area contributed by atoms with E-state index in [-0.39, 0.29) is 16.3 Å². The molecule has 0 aromatic carbocycles. The maximum Gasteiger partial charge on any atom is 0.393 e. The van der Waals surface area contributed by atoms with Crippen molar-refractivity contribution < 1.29 is 9.53 Å². The van der Waals surface area contributed by atoms with E-state index < -0.39 is 0 Å². The lowest BCUT2D eigenvalue weighted by Crippen LogP contribution is -2.62. The van der Waals surface area contributed by atoms with E-state index in [1.54, 1.807) is 11.8 Å². The first-order valence-electron chi connectivity index (χ1n) is 9.16. The largest absolute Gasteiger partial charge is 0.462 e. The first kappa shape index (κ1) is 18.3. The fraction of sp³-hybridized carbons (Fsp3) is 0.429. The summed E-state index contributed by atoms with van der Waals surface area (Å²) >= 11 is 1.80. The summed E-state index contributed by atoms with van der Waals surface area (Å²) in [6.45, 7) is 8.75. The van der Waals surface area contributed by atoms with Crippen LogP contribution in [0.25, 0.3) is 5.70 Å². The molecule has 1 spiro atoms. The van der Waals surface area contributed by atoms with Gasteiger partial charge < -0.3 is 4.74 Å². The van der Waals surface area contributed by atoms with Crippen molar-refractivity contribution in [2.24, 2.45) is 0 Å². The summed E-state index contributed by atoms with van der Waals surface area (Å²) in [5.41, 5.74) is 2.64. The average Bonchev–Trinajstić information content (AvgIpc) is 3.08. The molecule has 4 rings (SSSR count). The van der Waals surface area contributed by atoms with Gasteiger partial charge in [-0.2, -0.15) is 4.98 Å². The van der Waals surface area contributed by atoms with E-state index in [4.69, 9.17) is 9.72 Å². The summed E-state index contributed by atoms with van der Waals surface area (Å²) in [6.07, 6.45) is 13.2. The summed E-state index contributed by atoms with van der Waals surface area (Å²) in [6, 6.07) is 0. The highest BCUT2D eigenvalue weighted by atomic mass is 32.2. The quantitative estimate of drug-likeness (QED) is 0.434.